The molecule has 20 heavy (non-hydrogen) atoms. The molecule has 0 saturated carbocycles. The number of nitrogens with zero attached hydrogens (tertiary/aromatic N) is 2. The second-order valence-electron chi connectivity index (χ2n) is 4.25. The van der Waals surface area contributed by atoms with E-state index in [2.05, 4.69) is 26.2 Å². The Bertz CT molecular complexity index is 634. The number of amides is 2. The lowest BCUT2D eigenvalue weighted by atomic mass is 10.3. The molecular weight excluding hydrogens is 322 g/mol. The third-order valence-corrected chi connectivity index (χ3v) is 3.35. The summed E-state index contributed by atoms with van der Waals surface area (Å²) in [6.45, 7) is 0.924. The van der Waals surface area contributed by atoms with Crippen molar-refractivity contribution < 1.29 is 9.53 Å². The lowest BCUT2D eigenvalue weighted by molar-refractivity contribution is 0.249. The summed E-state index contributed by atoms with van der Waals surface area (Å²) in [6.07, 6.45) is 0. The van der Waals surface area contributed by atoms with Gasteiger partial charge in [-0.1, -0.05) is 18.2 Å². The molecule has 0 unspecified atom stereocenters. The summed E-state index contributed by atoms with van der Waals surface area (Å²) >= 11 is 3.31. The van der Waals surface area contributed by atoms with Gasteiger partial charge in [0.15, 0.2) is 11.6 Å². The normalized spacial score (nSPS) is 13.3. The van der Waals surface area contributed by atoms with E-state index in [0.717, 1.165) is 5.69 Å². The molecule has 1 aliphatic rings. The number of hydrogen-bond donors (Lipinski definition) is 1. The van der Waals surface area contributed by atoms with Crippen molar-refractivity contribution >= 4 is 33.5 Å². The third-order valence-electron chi connectivity index (χ3n) is 2.90. The van der Waals surface area contributed by atoms with Crippen molar-refractivity contribution in [2.75, 3.05) is 23.4 Å². The number of halogens is 1. The molecular formula is C14H12BrN3O2. The van der Waals surface area contributed by atoms with Crippen molar-refractivity contribution in [1.29, 1.82) is 0 Å². The topological polar surface area (TPSA) is 54.5 Å². The molecule has 102 valence electrons. The van der Waals surface area contributed by atoms with Gasteiger partial charge in [-0.15, -0.1) is 0 Å². The summed E-state index contributed by atoms with van der Waals surface area (Å²) in [5.41, 5.74) is 0.750. The van der Waals surface area contributed by atoms with Crippen LogP contribution < -0.4 is 15.0 Å². The molecule has 0 saturated heterocycles. The molecule has 2 amide bonds. The summed E-state index contributed by atoms with van der Waals surface area (Å²) in [5, 5.41) is 2.85. The summed E-state index contributed by atoms with van der Waals surface area (Å²) in [7, 11) is 0. The van der Waals surface area contributed by atoms with Crippen LogP contribution in [0.1, 0.15) is 0 Å². The van der Waals surface area contributed by atoms with E-state index in [1.807, 2.05) is 30.3 Å². The number of pyridine rings is 1. The van der Waals surface area contributed by atoms with Crippen LogP contribution in [0.4, 0.5) is 16.3 Å². The van der Waals surface area contributed by atoms with Crippen LogP contribution in [-0.4, -0.2) is 24.2 Å². The fraction of sp³-hybridized carbons (Fsp3) is 0.143. The van der Waals surface area contributed by atoms with Gasteiger partial charge in [0.1, 0.15) is 11.2 Å². The van der Waals surface area contributed by atoms with E-state index in [-0.39, 0.29) is 6.03 Å². The predicted molar refractivity (Wildman–Crippen MR) is 80.2 cm³/mol. The number of fused-ring (bicyclic) bond motifs is 1. The van der Waals surface area contributed by atoms with Crippen molar-refractivity contribution in [1.82, 2.24) is 4.98 Å². The van der Waals surface area contributed by atoms with Crippen LogP contribution in [0, 0.1) is 0 Å². The fourth-order valence-corrected chi connectivity index (χ4v) is 2.28. The number of rotatable bonds is 1. The molecule has 0 fully saturated rings. The van der Waals surface area contributed by atoms with Crippen LogP contribution in [-0.2, 0) is 0 Å². The van der Waals surface area contributed by atoms with Gasteiger partial charge in [0.05, 0.1) is 6.54 Å². The highest BCUT2D eigenvalue weighted by Crippen LogP contribution is 2.31. The summed E-state index contributed by atoms with van der Waals surface area (Å²) in [5.74, 6) is 1.14. The van der Waals surface area contributed by atoms with Gasteiger partial charge < -0.3 is 10.1 Å². The number of para-hydroxylation sites is 1. The molecule has 5 nitrogen and oxygen atoms in total. The zero-order chi connectivity index (χ0) is 13.9. The van der Waals surface area contributed by atoms with Gasteiger partial charge >= 0.3 is 6.03 Å². The lowest BCUT2D eigenvalue weighted by Gasteiger charge is -2.28. The first kappa shape index (κ1) is 12.9. The zero-order valence-corrected chi connectivity index (χ0v) is 12.1. The Balaban J connectivity index is 1.85. The first-order valence-electron chi connectivity index (χ1n) is 6.17. The maximum atomic E-state index is 12.3. The molecule has 0 radical (unpaired) electrons. The van der Waals surface area contributed by atoms with Gasteiger partial charge in [-0.05, 0) is 40.2 Å². The van der Waals surface area contributed by atoms with Gasteiger partial charge in [-0.25, -0.2) is 9.78 Å². The summed E-state index contributed by atoms with van der Waals surface area (Å²) < 4.78 is 6.17. The van der Waals surface area contributed by atoms with Crippen LogP contribution in [0.25, 0.3) is 0 Å². The monoisotopic (exact) mass is 333 g/mol. The van der Waals surface area contributed by atoms with Crippen molar-refractivity contribution in [2.24, 2.45) is 0 Å². The van der Waals surface area contributed by atoms with E-state index in [0.29, 0.717) is 29.3 Å². The molecule has 3 rings (SSSR count). The zero-order valence-electron chi connectivity index (χ0n) is 10.5. The van der Waals surface area contributed by atoms with E-state index >= 15 is 0 Å². The SMILES string of the molecule is O=C(Nc1ccccc1)N1CCOc2ccc(Br)nc21. The molecule has 0 spiro atoms. The number of anilines is 2. The standard InChI is InChI=1S/C14H12BrN3O2/c15-12-7-6-11-13(17-12)18(8-9-20-11)14(19)16-10-4-2-1-3-5-10/h1-7H,8-9H2,(H,16,19). The van der Waals surface area contributed by atoms with Crippen LogP contribution in [0.15, 0.2) is 47.1 Å². The van der Waals surface area contributed by atoms with Crippen molar-refractivity contribution in [2.45, 2.75) is 0 Å². The quantitative estimate of drug-likeness (QED) is 0.815. The number of carbonyl (C=O) groups is 1. The van der Waals surface area contributed by atoms with E-state index in [1.54, 1.807) is 17.0 Å². The molecule has 0 aliphatic carbocycles. The molecule has 0 bridgehead atoms. The predicted octanol–water partition coefficient (Wildman–Crippen LogP) is 3.28. The molecule has 2 heterocycles. The van der Waals surface area contributed by atoms with Gasteiger partial charge in [-0.2, -0.15) is 0 Å². The largest absolute Gasteiger partial charge is 0.488 e. The average Bonchev–Trinajstić information content (AvgIpc) is 2.47. The number of urea groups is 1. The number of benzene rings is 1. The van der Waals surface area contributed by atoms with Crippen LogP contribution in [0.2, 0.25) is 0 Å². The maximum absolute atomic E-state index is 12.3. The number of ether oxygens (including phenoxy) is 1. The second kappa shape index (κ2) is 5.50. The second-order valence-corrected chi connectivity index (χ2v) is 5.06. The third kappa shape index (κ3) is 2.60. The molecule has 2 aromatic rings. The summed E-state index contributed by atoms with van der Waals surface area (Å²) in [4.78, 5) is 18.2. The molecule has 6 heteroatoms. The van der Waals surface area contributed by atoms with Gasteiger partial charge in [-0.3, -0.25) is 4.90 Å². The number of aromatic nitrogens is 1. The Morgan fingerprint density at radius 2 is 2.05 bits per heavy atom. The Hall–Kier alpha value is -2.08. The Morgan fingerprint density at radius 1 is 1.25 bits per heavy atom. The van der Waals surface area contributed by atoms with Gasteiger partial charge in [0.25, 0.3) is 0 Å². The Morgan fingerprint density at radius 3 is 2.85 bits per heavy atom. The highest BCUT2D eigenvalue weighted by molar-refractivity contribution is 9.10. The highest BCUT2D eigenvalue weighted by atomic mass is 79.9. The first-order valence-corrected chi connectivity index (χ1v) is 6.96. The van der Waals surface area contributed by atoms with Gasteiger partial charge in [0, 0.05) is 5.69 Å². The van der Waals surface area contributed by atoms with E-state index < -0.39 is 0 Å². The van der Waals surface area contributed by atoms with Gasteiger partial charge in [0.2, 0.25) is 0 Å². The highest BCUT2D eigenvalue weighted by Gasteiger charge is 2.25. The van der Waals surface area contributed by atoms with E-state index in [9.17, 15) is 4.79 Å². The number of hydrogen-bond acceptors (Lipinski definition) is 3. The smallest absolute Gasteiger partial charge is 0.327 e. The van der Waals surface area contributed by atoms with Crippen LogP contribution >= 0.6 is 15.9 Å². The molecule has 1 aromatic carbocycles. The molecule has 1 N–H and O–H groups in total. The summed E-state index contributed by atoms with van der Waals surface area (Å²) in [6, 6.07) is 12.7. The van der Waals surface area contributed by atoms with Crippen molar-refractivity contribution in [3.8, 4) is 5.75 Å². The minimum Gasteiger partial charge on any atom is -0.488 e. The molecule has 1 aliphatic heterocycles. The lowest BCUT2D eigenvalue weighted by Crippen LogP contribution is -2.41. The minimum atomic E-state index is -0.216. The Labute approximate surface area is 124 Å². The van der Waals surface area contributed by atoms with Crippen LogP contribution in [0.3, 0.4) is 0 Å². The van der Waals surface area contributed by atoms with Crippen molar-refractivity contribution in [3.63, 3.8) is 0 Å². The fourth-order valence-electron chi connectivity index (χ4n) is 1.98. The van der Waals surface area contributed by atoms with Crippen LogP contribution in [0.5, 0.6) is 5.75 Å². The maximum Gasteiger partial charge on any atom is 0.327 e. The van der Waals surface area contributed by atoms with Crippen molar-refractivity contribution in [3.05, 3.63) is 47.1 Å². The van der Waals surface area contributed by atoms with E-state index in [1.165, 1.54) is 0 Å². The van der Waals surface area contributed by atoms with E-state index in [4.69, 9.17) is 4.74 Å². The Kier molecular flexibility index (Phi) is 3.56. The molecule has 1 aromatic heterocycles. The number of nitrogens with one attached hydrogen (secondary N) is 1. The number of carbonyl (C=O) groups excluding carboxylic acids is 1. The average molecular weight is 334 g/mol. The molecule has 0 atom stereocenters. The minimum absolute atomic E-state index is 0.216. The first-order chi connectivity index (χ1) is 9.74.